The van der Waals surface area contributed by atoms with Crippen molar-refractivity contribution in [1.82, 2.24) is 0 Å². The minimum Gasteiger partial charge on any atom is -0.384 e. The van der Waals surface area contributed by atoms with Gasteiger partial charge in [0.2, 0.25) is 0 Å². The lowest BCUT2D eigenvalue weighted by Crippen LogP contribution is -2.16. The molecule has 0 rings (SSSR count). The summed E-state index contributed by atoms with van der Waals surface area (Å²) in [6.07, 6.45) is 0. The normalized spacial score (nSPS) is 15.3. The van der Waals surface area contributed by atoms with Crippen molar-refractivity contribution in [3.05, 3.63) is 0 Å². The van der Waals surface area contributed by atoms with Gasteiger partial charge in [0.1, 0.15) is 0 Å². The summed E-state index contributed by atoms with van der Waals surface area (Å²) >= 11 is 1.96. The Morgan fingerprint density at radius 3 is 2.20 bits per heavy atom. The third-order valence-corrected chi connectivity index (χ3v) is 2.20. The van der Waals surface area contributed by atoms with E-state index in [0.717, 1.165) is 6.61 Å². The Morgan fingerprint density at radius 2 is 1.90 bits per heavy atom. The number of hydrogen-bond acceptors (Lipinski definition) is 2. The van der Waals surface area contributed by atoms with Gasteiger partial charge in [0, 0.05) is 17.1 Å². The largest absolute Gasteiger partial charge is 0.384 e. The third-order valence-electron chi connectivity index (χ3n) is 0.956. The molecule has 1 unspecified atom stereocenters. The molecule has 0 aliphatic heterocycles. The van der Waals surface area contributed by atoms with Gasteiger partial charge in [0.05, 0.1) is 6.61 Å². The van der Waals surface area contributed by atoms with Gasteiger partial charge in [0.25, 0.3) is 0 Å². The Hall–Kier alpha value is 0.310. The van der Waals surface area contributed by atoms with Crippen LogP contribution >= 0.6 is 11.8 Å². The fourth-order valence-corrected chi connectivity index (χ4v) is 2.28. The Bertz CT molecular complexity index is 85.7. The first-order chi connectivity index (χ1) is 4.45. The molecule has 62 valence electrons. The molecule has 0 aromatic rings. The van der Waals surface area contributed by atoms with Crippen LogP contribution in [0.5, 0.6) is 0 Å². The molecule has 0 amide bonds. The molecular formula is C8H18OS. The van der Waals surface area contributed by atoms with Crippen molar-refractivity contribution < 1.29 is 4.74 Å². The number of thioether (sulfide) groups is 1. The van der Waals surface area contributed by atoms with Crippen LogP contribution in [0.3, 0.4) is 0 Å². The molecule has 0 spiro atoms. The van der Waals surface area contributed by atoms with Crippen LogP contribution in [0.2, 0.25) is 0 Å². The summed E-state index contributed by atoms with van der Waals surface area (Å²) in [7, 11) is 1.75. The topological polar surface area (TPSA) is 9.23 Å². The molecular weight excluding hydrogens is 144 g/mol. The van der Waals surface area contributed by atoms with E-state index < -0.39 is 0 Å². The molecule has 0 aliphatic carbocycles. The molecule has 2 heteroatoms. The minimum atomic E-state index is 0.359. The Kier molecular flexibility index (Phi) is 4.37. The molecule has 0 aromatic carbocycles. The maximum Gasteiger partial charge on any atom is 0.0578 e. The Morgan fingerprint density at radius 1 is 1.40 bits per heavy atom. The zero-order valence-electron chi connectivity index (χ0n) is 7.60. The molecule has 1 atom stereocenters. The maximum atomic E-state index is 5.03. The van der Waals surface area contributed by atoms with Crippen molar-refractivity contribution in [2.45, 2.75) is 37.7 Å². The minimum absolute atomic E-state index is 0.359. The molecule has 0 aromatic heterocycles. The van der Waals surface area contributed by atoms with E-state index in [0.29, 0.717) is 10.00 Å². The lowest BCUT2D eigenvalue weighted by molar-refractivity contribution is 0.202. The van der Waals surface area contributed by atoms with Gasteiger partial charge in [0.15, 0.2) is 0 Å². The summed E-state index contributed by atoms with van der Waals surface area (Å²) in [5, 5.41) is 0.602. The van der Waals surface area contributed by atoms with E-state index in [-0.39, 0.29) is 0 Å². The highest BCUT2D eigenvalue weighted by Gasteiger charge is 2.14. The lowest BCUT2D eigenvalue weighted by atomic mass is 10.3. The molecule has 0 saturated carbocycles. The van der Waals surface area contributed by atoms with Crippen molar-refractivity contribution in [1.29, 1.82) is 0 Å². The molecule has 0 N–H and O–H groups in total. The highest BCUT2D eigenvalue weighted by molar-refractivity contribution is 8.01. The monoisotopic (exact) mass is 162 g/mol. The van der Waals surface area contributed by atoms with Crippen molar-refractivity contribution in [2.24, 2.45) is 0 Å². The predicted molar refractivity (Wildman–Crippen MR) is 48.7 cm³/mol. The van der Waals surface area contributed by atoms with Crippen LogP contribution in [0.25, 0.3) is 0 Å². The van der Waals surface area contributed by atoms with Crippen molar-refractivity contribution in [3.63, 3.8) is 0 Å². The molecule has 0 fully saturated rings. The maximum absolute atomic E-state index is 5.03. The summed E-state index contributed by atoms with van der Waals surface area (Å²) < 4.78 is 5.39. The van der Waals surface area contributed by atoms with Crippen molar-refractivity contribution >= 4 is 11.8 Å². The van der Waals surface area contributed by atoms with E-state index in [4.69, 9.17) is 4.74 Å². The summed E-state index contributed by atoms with van der Waals surface area (Å²) in [6, 6.07) is 0. The molecule has 10 heavy (non-hydrogen) atoms. The van der Waals surface area contributed by atoms with Crippen LogP contribution in [-0.4, -0.2) is 23.7 Å². The van der Waals surface area contributed by atoms with E-state index in [9.17, 15) is 0 Å². The van der Waals surface area contributed by atoms with Crippen LogP contribution < -0.4 is 0 Å². The number of ether oxygens (including phenoxy) is 1. The van der Waals surface area contributed by atoms with Crippen LogP contribution in [-0.2, 0) is 4.74 Å². The van der Waals surface area contributed by atoms with Crippen LogP contribution in [0.1, 0.15) is 27.7 Å². The lowest BCUT2D eigenvalue weighted by Gasteiger charge is -2.22. The van der Waals surface area contributed by atoms with Gasteiger partial charge in [-0.05, 0) is 0 Å². The van der Waals surface area contributed by atoms with Gasteiger partial charge >= 0.3 is 0 Å². The average Bonchev–Trinajstić information content (AvgIpc) is 1.59. The van der Waals surface area contributed by atoms with Crippen molar-refractivity contribution in [3.8, 4) is 0 Å². The molecule has 1 nitrogen and oxygen atoms in total. The molecule has 0 saturated heterocycles. The number of hydrogen-bond donors (Lipinski definition) is 0. The smallest absolute Gasteiger partial charge is 0.0578 e. The SMILES string of the molecule is COCC(C)SC(C)(C)C. The van der Waals surface area contributed by atoms with E-state index >= 15 is 0 Å². The third kappa shape index (κ3) is 6.43. The number of rotatable bonds is 3. The second-order valence-corrected chi connectivity index (χ2v) is 5.76. The number of methoxy groups -OCH3 is 1. The van der Waals surface area contributed by atoms with E-state index in [1.165, 1.54) is 0 Å². The predicted octanol–water partition coefficient (Wildman–Crippen LogP) is 2.55. The van der Waals surface area contributed by atoms with E-state index in [1.807, 2.05) is 11.8 Å². The summed E-state index contributed by atoms with van der Waals surface area (Å²) in [6.45, 7) is 9.72. The quantitative estimate of drug-likeness (QED) is 0.630. The van der Waals surface area contributed by atoms with Crippen molar-refractivity contribution in [2.75, 3.05) is 13.7 Å². The summed E-state index contributed by atoms with van der Waals surface area (Å²) in [4.78, 5) is 0. The summed E-state index contributed by atoms with van der Waals surface area (Å²) in [5.74, 6) is 0. The van der Waals surface area contributed by atoms with Gasteiger partial charge in [-0.1, -0.05) is 27.7 Å². The van der Waals surface area contributed by atoms with Gasteiger partial charge < -0.3 is 4.74 Å². The molecule has 0 bridgehead atoms. The van der Waals surface area contributed by atoms with Crippen LogP contribution in [0.4, 0.5) is 0 Å². The van der Waals surface area contributed by atoms with Gasteiger partial charge in [-0.15, -0.1) is 0 Å². The zero-order valence-corrected chi connectivity index (χ0v) is 8.42. The average molecular weight is 162 g/mol. The Balaban J connectivity index is 3.47. The van der Waals surface area contributed by atoms with Crippen LogP contribution in [0.15, 0.2) is 0 Å². The second kappa shape index (κ2) is 4.24. The van der Waals surface area contributed by atoms with Gasteiger partial charge in [-0.25, -0.2) is 0 Å². The highest BCUT2D eigenvalue weighted by atomic mass is 32.2. The fourth-order valence-electron chi connectivity index (χ4n) is 0.872. The highest BCUT2D eigenvalue weighted by Crippen LogP contribution is 2.27. The molecule has 0 heterocycles. The molecule has 0 radical (unpaired) electrons. The molecule has 0 aliphatic rings. The van der Waals surface area contributed by atoms with Gasteiger partial charge in [-0.3, -0.25) is 0 Å². The first-order valence-electron chi connectivity index (χ1n) is 3.62. The van der Waals surface area contributed by atoms with E-state index in [2.05, 4.69) is 27.7 Å². The Labute approximate surface area is 68.5 Å². The van der Waals surface area contributed by atoms with Gasteiger partial charge in [-0.2, -0.15) is 11.8 Å². The zero-order chi connectivity index (χ0) is 8.20. The van der Waals surface area contributed by atoms with Crippen LogP contribution in [0, 0.1) is 0 Å². The fraction of sp³-hybridized carbons (Fsp3) is 1.00. The standard InChI is InChI=1S/C8H18OS/c1-7(6-9-5)10-8(2,3)4/h7H,6H2,1-5H3. The first-order valence-corrected chi connectivity index (χ1v) is 4.50. The van der Waals surface area contributed by atoms with E-state index in [1.54, 1.807) is 7.11 Å². The first kappa shape index (κ1) is 10.3. The second-order valence-electron chi connectivity index (χ2n) is 3.50. The summed E-state index contributed by atoms with van der Waals surface area (Å²) in [5.41, 5.74) is 0.